The molecule has 0 atom stereocenters. The molecule has 2 heterocycles. The second-order valence-corrected chi connectivity index (χ2v) is 6.64. The van der Waals surface area contributed by atoms with E-state index in [9.17, 15) is 4.79 Å². The number of hydrogen-bond acceptors (Lipinski definition) is 4. The van der Waals surface area contributed by atoms with Crippen molar-refractivity contribution in [3.63, 3.8) is 0 Å². The largest absolute Gasteiger partial charge is 0.322 e. The molecule has 0 radical (unpaired) electrons. The van der Waals surface area contributed by atoms with E-state index in [1.807, 2.05) is 75.4 Å². The lowest BCUT2D eigenvalue weighted by Crippen LogP contribution is -2.12. The first-order valence-electron chi connectivity index (χ1n) is 8.69. The number of aryl methyl sites for hydroxylation is 3. The highest BCUT2D eigenvalue weighted by atomic mass is 16.1. The molecule has 0 fully saturated rings. The molecule has 6 heteroatoms. The van der Waals surface area contributed by atoms with Crippen molar-refractivity contribution in [2.45, 2.75) is 20.8 Å². The lowest BCUT2D eigenvalue weighted by atomic mass is 10.1. The maximum Gasteiger partial charge on any atom is 0.255 e. The summed E-state index contributed by atoms with van der Waals surface area (Å²) in [7, 11) is 0. The number of nitrogens with one attached hydrogen (secondary N) is 1. The van der Waals surface area contributed by atoms with E-state index in [0.717, 1.165) is 33.9 Å². The summed E-state index contributed by atoms with van der Waals surface area (Å²) in [5, 5.41) is 15.6. The predicted octanol–water partition coefficient (Wildman–Crippen LogP) is 3.97. The molecule has 0 saturated carbocycles. The highest BCUT2D eigenvalue weighted by Crippen LogP contribution is 2.21. The molecule has 4 rings (SSSR count). The fourth-order valence-corrected chi connectivity index (χ4v) is 3.08. The quantitative estimate of drug-likeness (QED) is 0.602. The molecule has 2 aromatic carbocycles. The third kappa shape index (κ3) is 3.42. The van der Waals surface area contributed by atoms with Crippen LogP contribution in [0.1, 0.15) is 27.3 Å². The van der Waals surface area contributed by atoms with Gasteiger partial charge in [-0.15, -0.1) is 10.2 Å². The average molecular weight is 357 g/mol. The van der Waals surface area contributed by atoms with Crippen molar-refractivity contribution in [3.8, 4) is 11.3 Å². The van der Waals surface area contributed by atoms with Crippen LogP contribution in [0.4, 0.5) is 5.69 Å². The normalized spacial score (nSPS) is 10.9. The summed E-state index contributed by atoms with van der Waals surface area (Å²) in [4.78, 5) is 12.5. The standard InChI is InChI=1S/C21H19N5O/c1-13-10-14(2)12-17(11-13)21(27)22-18-6-4-16(5-7-18)19-8-9-20-24-23-15(3)26(20)25-19/h4-12H,1-3H3,(H,22,27). The van der Waals surface area contributed by atoms with Crippen molar-refractivity contribution >= 4 is 17.2 Å². The fraction of sp³-hybridized carbons (Fsp3) is 0.143. The highest BCUT2D eigenvalue weighted by molar-refractivity contribution is 6.04. The maximum atomic E-state index is 12.5. The van der Waals surface area contributed by atoms with Gasteiger partial charge < -0.3 is 5.32 Å². The van der Waals surface area contributed by atoms with E-state index in [2.05, 4.69) is 20.6 Å². The van der Waals surface area contributed by atoms with E-state index in [4.69, 9.17) is 0 Å². The zero-order valence-corrected chi connectivity index (χ0v) is 15.4. The molecule has 0 aliphatic carbocycles. The summed E-state index contributed by atoms with van der Waals surface area (Å²) < 4.78 is 1.71. The molecule has 4 aromatic rings. The van der Waals surface area contributed by atoms with Crippen LogP contribution in [0.15, 0.2) is 54.6 Å². The zero-order valence-electron chi connectivity index (χ0n) is 15.4. The minimum atomic E-state index is -0.116. The first-order chi connectivity index (χ1) is 13.0. The average Bonchev–Trinajstić information content (AvgIpc) is 3.02. The van der Waals surface area contributed by atoms with Crippen LogP contribution in [0, 0.1) is 20.8 Å². The monoisotopic (exact) mass is 357 g/mol. The van der Waals surface area contributed by atoms with Crippen molar-refractivity contribution in [2.24, 2.45) is 0 Å². The summed E-state index contributed by atoms with van der Waals surface area (Å²) >= 11 is 0. The van der Waals surface area contributed by atoms with Crippen LogP contribution in [-0.2, 0) is 0 Å². The first-order valence-corrected chi connectivity index (χ1v) is 8.69. The second-order valence-electron chi connectivity index (χ2n) is 6.64. The van der Waals surface area contributed by atoms with Gasteiger partial charge in [0.1, 0.15) is 0 Å². The molecule has 0 saturated heterocycles. The predicted molar refractivity (Wildman–Crippen MR) is 105 cm³/mol. The van der Waals surface area contributed by atoms with E-state index in [1.165, 1.54) is 0 Å². The van der Waals surface area contributed by atoms with Gasteiger partial charge in [-0.2, -0.15) is 9.61 Å². The van der Waals surface area contributed by atoms with Gasteiger partial charge in [-0.3, -0.25) is 4.79 Å². The minimum Gasteiger partial charge on any atom is -0.322 e. The molecule has 1 amide bonds. The Bertz CT molecular complexity index is 1120. The van der Waals surface area contributed by atoms with Gasteiger partial charge in [-0.05, 0) is 57.2 Å². The topological polar surface area (TPSA) is 72.2 Å². The van der Waals surface area contributed by atoms with Crippen molar-refractivity contribution < 1.29 is 4.79 Å². The Morgan fingerprint density at radius 3 is 2.30 bits per heavy atom. The Labute approximate surface area is 156 Å². The maximum absolute atomic E-state index is 12.5. The highest BCUT2D eigenvalue weighted by Gasteiger charge is 2.09. The summed E-state index contributed by atoms with van der Waals surface area (Å²) in [6, 6.07) is 17.2. The molecule has 0 aliphatic heterocycles. The molecule has 0 spiro atoms. The van der Waals surface area contributed by atoms with Gasteiger partial charge in [0.15, 0.2) is 11.5 Å². The number of nitrogens with zero attached hydrogens (tertiary/aromatic N) is 4. The lowest BCUT2D eigenvalue weighted by molar-refractivity contribution is 0.102. The van der Waals surface area contributed by atoms with Crippen LogP contribution in [0.25, 0.3) is 16.9 Å². The van der Waals surface area contributed by atoms with E-state index >= 15 is 0 Å². The summed E-state index contributed by atoms with van der Waals surface area (Å²) in [5.74, 6) is 0.624. The minimum absolute atomic E-state index is 0.116. The number of fused-ring (bicyclic) bond motifs is 1. The van der Waals surface area contributed by atoms with Crippen LogP contribution in [0.3, 0.4) is 0 Å². The molecular weight excluding hydrogens is 338 g/mol. The van der Waals surface area contributed by atoms with Gasteiger partial charge in [-0.1, -0.05) is 29.3 Å². The van der Waals surface area contributed by atoms with Crippen LogP contribution in [0.2, 0.25) is 0 Å². The lowest BCUT2D eigenvalue weighted by Gasteiger charge is -2.08. The number of carbonyl (C=O) groups excluding carboxylic acids is 1. The molecule has 1 N–H and O–H groups in total. The van der Waals surface area contributed by atoms with Gasteiger partial charge in [0.05, 0.1) is 5.69 Å². The second kappa shape index (κ2) is 6.64. The molecule has 6 nitrogen and oxygen atoms in total. The third-order valence-electron chi connectivity index (χ3n) is 4.34. The van der Waals surface area contributed by atoms with E-state index in [0.29, 0.717) is 11.2 Å². The Hall–Kier alpha value is -3.54. The zero-order chi connectivity index (χ0) is 19.0. The molecule has 134 valence electrons. The molecule has 0 aliphatic rings. The van der Waals surface area contributed by atoms with E-state index < -0.39 is 0 Å². The summed E-state index contributed by atoms with van der Waals surface area (Å²) in [5.41, 5.74) is 6.03. The Morgan fingerprint density at radius 1 is 0.889 bits per heavy atom. The summed E-state index contributed by atoms with van der Waals surface area (Å²) in [6.07, 6.45) is 0. The van der Waals surface area contributed by atoms with Crippen molar-refractivity contribution in [1.29, 1.82) is 0 Å². The van der Waals surface area contributed by atoms with Gasteiger partial charge in [0.2, 0.25) is 0 Å². The Morgan fingerprint density at radius 2 is 1.59 bits per heavy atom. The summed E-state index contributed by atoms with van der Waals surface area (Å²) in [6.45, 7) is 5.84. The number of anilines is 1. The number of hydrogen-bond donors (Lipinski definition) is 1. The number of benzene rings is 2. The number of amides is 1. The SMILES string of the molecule is Cc1cc(C)cc(C(=O)Nc2ccc(-c3ccc4nnc(C)n4n3)cc2)c1. The number of rotatable bonds is 3. The van der Waals surface area contributed by atoms with Crippen LogP contribution in [-0.4, -0.2) is 25.7 Å². The first kappa shape index (κ1) is 16.9. The van der Waals surface area contributed by atoms with E-state index in [1.54, 1.807) is 4.52 Å². The van der Waals surface area contributed by atoms with Crippen LogP contribution >= 0.6 is 0 Å². The van der Waals surface area contributed by atoms with Gasteiger partial charge in [0, 0.05) is 16.8 Å². The van der Waals surface area contributed by atoms with E-state index in [-0.39, 0.29) is 5.91 Å². The van der Waals surface area contributed by atoms with Crippen molar-refractivity contribution in [1.82, 2.24) is 19.8 Å². The number of aromatic nitrogens is 4. The molecule has 0 bridgehead atoms. The third-order valence-corrected chi connectivity index (χ3v) is 4.34. The molecule has 0 unspecified atom stereocenters. The van der Waals surface area contributed by atoms with Crippen molar-refractivity contribution in [3.05, 3.63) is 77.1 Å². The van der Waals surface area contributed by atoms with Crippen molar-refractivity contribution in [2.75, 3.05) is 5.32 Å². The smallest absolute Gasteiger partial charge is 0.255 e. The molecular formula is C21H19N5O. The Balaban J connectivity index is 1.56. The van der Waals surface area contributed by atoms with Gasteiger partial charge in [-0.25, -0.2) is 0 Å². The van der Waals surface area contributed by atoms with Gasteiger partial charge in [0.25, 0.3) is 5.91 Å². The van der Waals surface area contributed by atoms with Gasteiger partial charge >= 0.3 is 0 Å². The van der Waals surface area contributed by atoms with Crippen LogP contribution < -0.4 is 5.32 Å². The number of carbonyl (C=O) groups is 1. The van der Waals surface area contributed by atoms with Crippen LogP contribution in [0.5, 0.6) is 0 Å². The Kier molecular flexibility index (Phi) is 4.16. The molecule has 27 heavy (non-hydrogen) atoms. The fourth-order valence-electron chi connectivity index (χ4n) is 3.08. The molecule has 2 aromatic heterocycles.